The molecule has 0 aliphatic heterocycles. The summed E-state index contributed by atoms with van der Waals surface area (Å²) in [4.78, 5) is 11.9. The van der Waals surface area contributed by atoms with Crippen molar-refractivity contribution < 1.29 is 4.79 Å². The molecule has 1 aromatic carbocycles. The van der Waals surface area contributed by atoms with Gasteiger partial charge in [0.05, 0.1) is 0 Å². The zero-order valence-electron chi connectivity index (χ0n) is 10.7. The molecule has 0 saturated carbocycles. The number of fused-ring (bicyclic) bond motifs is 1. The van der Waals surface area contributed by atoms with E-state index < -0.39 is 0 Å². The minimum absolute atomic E-state index is 0.270. The standard InChI is InChI=1S/C16H20O/c1-12(2)10-15(17)11-14-8-5-7-13-6-3-4-9-16(13)14/h3-4,6,9-10,14H,5,7-8,11H2,1-2H3. The summed E-state index contributed by atoms with van der Waals surface area (Å²) >= 11 is 0. The maximum Gasteiger partial charge on any atom is 0.156 e. The molecule has 90 valence electrons. The lowest BCUT2D eigenvalue weighted by molar-refractivity contribution is -0.115. The molecule has 1 aliphatic rings. The molecule has 2 rings (SSSR count). The molecule has 17 heavy (non-hydrogen) atoms. The van der Waals surface area contributed by atoms with E-state index in [0.29, 0.717) is 12.3 Å². The summed E-state index contributed by atoms with van der Waals surface area (Å²) in [6, 6.07) is 8.57. The van der Waals surface area contributed by atoms with E-state index in [-0.39, 0.29) is 5.78 Å². The highest BCUT2D eigenvalue weighted by Crippen LogP contribution is 2.33. The molecule has 0 heterocycles. The van der Waals surface area contributed by atoms with Crippen molar-refractivity contribution in [2.75, 3.05) is 0 Å². The van der Waals surface area contributed by atoms with Gasteiger partial charge in [-0.3, -0.25) is 4.79 Å². The van der Waals surface area contributed by atoms with Crippen molar-refractivity contribution in [3.8, 4) is 0 Å². The van der Waals surface area contributed by atoms with E-state index in [1.165, 1.54) is 24.0 Å². The van der Waals surface area contributed by atoms with E-state index in [1.807, 2.05) is 13.8 Å². The predicted molar refractivity (Wildman–Crippen MR) is 71.2 cm³/mol. The molecule has 1 nitrogen and oxygen atoms in total. The van der Waals surface area contributed by atoms with Gasteiger partial charge in [0, 0.05) is 6.42 Å². The van der Waals surface area contributed by atoms with Crippen molar-refractivity contribution in [3.05, 3.63) is 47.0 Å². The first-order chi connectivity index (χ1) is 8.16. The lowest BCUT2D eigenvalue weighted by atomic mass is 9.80. The van der Waals surface area contributed by atoms with E-state index in [1.54, 1.807) is 6.08 Å². The van der Waals surface area contributed by atoms with E-state index in [4.69, 9.17) is 0 Å². The number of aryl methyl sites for hydroxylation is 1. The van der Waals surface area contributed by atoms with Gasteiger partial charge in [0.15, 0.2) is 5.78 Å². The monoisotopic (exact) mass is 228 g/mol. The first-order valence-corrected chi connectivity index (χ1v) is 6.42. The van der Waals surface area contributed by atoms with Crippen molar-refractivity contribution >= 4 is 5.78 Å². The van der Waals surface area contributed by atoms with E-state index in [9.17, 15) is 4.79 Å². The average molecular weight is 228 g/mol. The third-order valence-electron chi connectivity index (χ3n) is 3.39. The molecule has 1 aliphatic carbocycles. The summed E-state index contributed by atoms with van der Waals surface area (Å²) in [6.07, 6.45) is 5.98. The van der Waals surface area contributed by atoms with Crippen LogP contribution in [0.4, 0.5) is 0 Å². The number of carbonyl (C=O) groups excluding carboxylic acids is 1. The van der Waals surface area contributed by atoms with Crippen LogP contribution >= 0.6 is 0 Å². The fraction of sp³-hybridized carbons (Fsp3) is 0.438. The van der Waals surface area contributed by atoms with Gasteiger partial charge in [-0.25, -0.2) is 0 Å². The summed E-state index contributed by atoms with van der Waals surface area (Å²) in [7, 11) is 0. The topological polar surface area (TPSA) is 17.1 Å². The maximum absolute atomic E-state index is 11.9. The second-order valence-electron chi connectivity index (χ2n) is 5.18. The lowest BCUT2D eigenvalue weighted by Crippen LogP contribution is -2.12. The Labute approximate surface area is 104 Å². The molecule has 0 amide bonds. The number of ketones is 1. The van der Waals surface area contributed by atoms with Crippen molar-refractivity contribution in [1.29, 1.82) is 0 Å². The first kappa shape index (κ1) is 12.1. The largest absolute Gasteiger partial charge is 0.295 e. The Morgan fingerprint density at radius 3 is 2.88 bits per heavy atom. The number of hydrogen-bond donors (Lipinski definition) is 0. The summed E-state index contributed by atoms with van der Waals surface area (Å²) in [6.45, 7) is 3.96. The Bertz CT molecular complexity index is 439. The Kier molecular flexibility index (Phi) is 3.78. The van der Waals surface area contributed by atoms with Gasteiger partial charge in [-0.1, -0.05) is 29.8 Å². The summed E-state index contributed by atoms with van der Waals surface area (Å²) in [5, 5.41) is 0. The Balaban J connectivity index is 2.14. The minimum Gasteiger partial charge on any atom is -0.295 e. The third kappa shape index (κ3) is 3.06. The molecular formula is C16H20O. The van der Waals surface area contributed by atoms with Crippen molar-refractivity contribution in [1.82, 2.24) is 0 Å². The second-order valence-corrected chi connectivity index (χ2v) is 5.18. The fourth-order valence-electron chi connectivity index (χ4n) is 2.69. The smallest absolute Gasteiger partial charge is 0.156 e. The van der Waals surface area contributed by atoms with Gasteiger partial charge in [0.1, 0.15) is 0 Å². The van der Waals surface area contributed by atoms with Crippen LogP contribution in [0, 0.1) is 0 Å². The highest BCUT2D eigenvalue weighted by molar-refractivity contribution is 5.90. The molecule has 1 heteroatoms. The van der Waals surface area contributed by atoms with Crippen LogP contribution in [-0.2, 0) is 11.2 Å². The Hall–Kier alpha value is -1.37. The van der Waals surface area contributed by atoms with Crippen LogP contribution < -0.4 is 0 Å². The average Bonchev–Trinajstić information content (AvgIpc) is 2.28. The van der Waals surface area contributed by atoms with Crippen LogP contribution in [0.2, 0.25) is 0 Å². The summed E-state index contributed by atoms with van der Waals surface area (Å²) in [5.41, 5.74) is 3.93. The van der Waals surface area contributed by atoms with E-state index in [0.717, 1.165) is 12.0 Å². The van der Waals surface area contributed by atoms with Crippen LogP contribution in [0.15, 0.2) is 35.9 Å². The van der Waals surface area contributed by atoms with Crippen LogP contribution in [0.25, 0.3) is 0 Å². The van der Waals surface area contributed by atoms with Gasteiger partial charge in [-0.15, -0.1) is 0 Å². The second kappa shape index (κ2) is 5.31. The molecule has 0 N–H and O–H groups in total. The highest BCUT2D eigenvalue weighted by Gasteiger charge is 2.21. The Morgan fingerprint density at radius 1 is 1.35 bits per heavy atom. The summed E-state index contributed by atoms with van der Waals surface area (Å²) in [5.74, 6) is 0.703. The molecule has 0 saturated heterocycles. The zero-order valence-corrected chi connectivity index (χ0v) is 10.7. The number of allylic oxidation sites excluding steroid dienone is 2. The van der Waals surface area contributed by atoms with Crippen molar-refractivity contribution in [2.45, 2.75) is 45.4 Å². The molecule has 1 atom stereocenters. The van der Waals surface area contributed by atoms with Gasteiger partial charge >= 0.3 is 0 Å². The van der Waals surface area contributed by atoms with Crippen LogP contribution in [0.3, 0.4) is 0 Å². The van der Waals surface area contributed by atoms with Crippen LogP contribution in [-0.4, -0.2) is 5.78 Å². The van der Waals surface area contributed by atoms with Crippen molar-refractivity contribution in [2.24, 2.45) is 0 Å². The number of rotatable bonds is 3. The number of hydrogen-bond acceptors (Lipinski definition) is 1. The predicted octanol–water partition coefficient (Wildman–Crippen LogP) is 4.03. The third-order valence-corrected chi connectivity index (χ3v) is 3.39. The number of carbonyl (C=O) groups is 1. The molecule has 0 fully saturated rings. The zero-order chi connectivity index (χ0) is 12.3. The van der Waals surface area contributed by atoms with Crippen LogP contribution in [0.5, 0.6) is 0 Å². The van der Waals surface area contributed by atoms with Crippen molar-refractivity contribution in [3.63, 3.8) is 0 Å². The van der Waals surface area contributed by atoms with E-state index >= 15 is 0 Å². The Morgan fingerprint density at radius 2 is 2.12 bits per heavy atom. The van der Waals surface area contributed by atoms with Gasteiger partial charge < -0.3 is 0 Å². The molecular weight excluding hydrogens is 208 g/mol. The highest BCUT2D eigenvalue weighted by atomic mass is 16.1. The fourth-order valence-corrected chi connectivity index (χ4v) is 2.69. The normalized spacial score (nSPS) is 18.4. The SMILES string of the molecule is CC(C)=CC(=O)CC1CCCc2ccccc21. The van der Waals surface area contributed by atoms with Gasteiger partial charge in [-0.05, 0) is 56.2 Å². The molecule has 0 bridgehead atoms. The molecule has 1 unspecified atom stereocenters. The minimum atomic E-state index is 0.270. The van der Waals surface area contributed by atoms with E-state index in [2.05, 4.69) is 24.3 Å². The molecule has 1 aromatic rings. The molecule has 0 radical (unpaired) electrons. The van der Waals surface area contributed by atoms with Gasteiger partial charge in [0.25, 0.3) is 0 Å². The quantitative estimate of drug-likeness (QED) is 0.714. The maximum atomic E-state index is 11.9. The first-order valence-electron chi connectivity index (χ1n) is 6.42. The lowest BCUT2D eigenvalue weighted by Gasteiger charge is -2.24. The van der Waals surface area contributed by atoms with Gasteiger partial charge in [-0.2, -0.15) is 0 Å². The molecule has 0 spiro atoms. The summed E-state index contributed by atoms with van der Waals surface area (Å²) < 4.78 is 0. The number of benzene rings is 1. The molecule has 0 aromatic heterocycles. The van der Waals surface area contributed by atoms with Crippen LogP contribution in [0.1, 0.15) is 50.2 Å². The van der Waals surface area contributed by atoms with Gasteiger partial charge in [0.2, 0.25) is 0 Å².